The normalized spacial score (nSPS) is 21.6. The molecule has 7 heteroatoms. The van der Waals surface area contributed by atoms with E-state index < -0.39 is 10.0 Å². The van der Waals surface area contributed by atoms with Gasteiger partial charge in [-0.2, -0.15) is 4.31 Å². The number of nitrogens with one attached hydrogen (secondary N) is 1. The summed E-state index contributed by atoms with van der Waals surface area (Å²) in [4.78, 5) is 0. The number of sulfonamides is 1. The second-order valence-electron chi connectivity index (χ2n) is 4.60. The summed E-state index contributed by atoms with van der Waals surface area (Å²) >= 11 is 4.67. The van der Waals surface area contributed by atoms with Crippen LogP contribution < -0.4 is 5.32 Å². The fourth-order valence-electron chi connectivity index (χ4n) is 2.16. The van der Waals surface area contributed by atoms with E-state index in [-0.39, 0.29) is 0 Å². The molecule has 1 N–H and O–H groups in total. The van der Waals surface area contributed by atoms with E-state index in [0.717, 1.165) is 22.3 Å². The van der Waals surface area contributed by atoms with Gasteiger partial charge in [-0.15, -0.1) is 11.3 Å². The zero-order valence-electron chi connectivity index (χ0n) is 10.4. The summed E-state index contributed by atoms with van der Waals surface area (Å²) in [5, 5.41) is 3.11. The van der Waals surface area contributed by atoms with E-state index in [0.29, 0.717) is 23.2 Å². The summed E-state index contributed by atoms with van der Waals surface area (Å²) in [6.45, 7) is 4.04. The van der Waals surface area contributed by atoms with Gasteiger partial charge in [-0.25, -0.2) is 8.42 Å². The molecule has 4 nitrogen and oxygen atoms in total. The number of hydrogen-bond acceptors (Lipinski definition) is 4. The third-order valence-electron chi connectivity index (χ3n) is 3.17. The number of halogens is 1. The smallest absolute Gasteiger partial charge is 0.252 e. The predicted molar refractivity (Wildman–Crippen MR) is 77.5 cm³/mol. The van der Waals surface area contributed by atoms with Gasteiger partial charge in [0.15, 0.2) is 0 Å². The zero-order valence-corrected chi connectivity index (χ0v) is 13.7. The van der Waals surface area contributed by atoms with Crippen molar-refractivity contribution in [3.05, 3.63) is 15.4 Å². The lowest BCUT2D eigenvalue weighted by atomic mass is 10.1. The van der Waals surface area contributed by atoms with Crippen molar-refractivity contribution in [1.29, 1.82) is 0 Å². The number of thiophene rings is 1. The molecule has 102 valence electrons. The average molecular weight is 353 g/mol. The van der Waals surface area contributed by atoms with Gasteiger partial charge in [0.05, 0.1) is 3.79 Å². The van der Waals surface area contributed by atoms with Crippen molar-refractivity contribution in [2.75, 3.05) is 26.7 Å². The highest BCUT2D eigenvalue weighted by molar-refractivity contribution is 9.11. The van der Waals surface area contributed by atoms with Crippen molar-refractivity contribution in [1.82, 2.24) is 9.62 Å². The molecule has 0 aliphatic carbocycles. The number of rotatable bonds is 4. The molecule has 1 fully saturated rings. The SMILES string of the molecule is CNC[C@H]1CCN(S(=O)(=O)c2cc(C)c(Br)s2)C1. The summed E-state index contributed by atoms with van der Waals surface area (Å²) in [7, 11) is -1.40. The lowest BCUT2D eigenvalue weighted by Gasteiger charge is -2.15. The van der Waals surface area contributed by atoms with Crippen LogP contribution in [0.4, 0.5) is 0 Å². The fourth-order valence-corrected chi connectivity index (χ4v) is 6.07. The van der Waals surface area contributed by atoms with Gasteiger partial charge in [0.25, 0.3) is 10.0 Å². The molecule has 1 aromatic heterocycles. The summed E-state index contributed by atoms with van der Waals surface area (Å²) < 4.78 is 27.8. The highest BCUT2D eigenvalue weighted by atomic mass is 79.9. The molecule has 0 spiro atoms. The number of hydrogen-bond donors (Lipinski definition) is 1. The molecule has 1 aromatic rings. The Bertz CT molecular complexity index is 508. The van der Waals surface area contributed by atoms with E-state index in [1.54, 1.807) is 10.4 Å². The Morgan fingerprint density at radius 1 is 1.61 bits per heavy atom. The summed E-state index contributed by atoms with van der Waals surface area (Å²) in [5.41, 5.74) is 0.976. The molecule has 0 unspecified atom stereocenters. The van der Waals surface area contributed by atoms with E-state index in [1.165, 1.54) is 11.3 Å². The molecule has 1 saturated heterocycles. The Kier molecular flexibility index (Phi) is 4.48. The second kappa shape index (κ2) is 5.58. The maximum absolute atomic E-state index is 12.4. The first kappa shape index (κ1) is 14.5. The van der Waals surface area contributed by atoms with Gasteiger partial charge in [-0.1, -0.05) is 0 Å². The zero-order chi connectivity index (χ0) is 13.3. The van der Waals surface area contributed by atoms with Crippen LogP contribution in [0.3, 0.4) is 0 Å². The Morgan fingerprint density at radius 2 is 2.33 bits per heavy atom. The Labute approximate surface area is 121 Å². The molecule has 1 aliphatic rings. The van der Waals surface area contributed by atoms with Crippen LogP contribution in [0.25, 0.3) is 0 Å². The van der Waals surface area contributed by atoms with Gasteiger partial charge in [0.1, 0.15) is 4.21 Å². The summed E-state index contributed by atoms with van der Waals surface area (Å²) in [5.74, 6) is 0.425. The minimum Gasteiger partial charge on any atom is -0.319 e. The molecular formula is C11H17BrN2O2S2. The number of nitrogens with zero attached hydrogens (tertiary/aromatic N) is 1. The van der Waals surface area contributed by atoms with Crippen LogP contribution in [0, 0.1) is 12.8 Å². The monoisotopic (exact) mass is 352 g/mol. The van der Waals surface area contributed by atoms with Gasteiger partial charge < -0.3 is 5.32 Å². The molecule has 1 atom stereocenters. The standard InChI is InChI=1S/C11H17BrN2O2S2/c1-8-5-10(17-11(8)12)18(15,16)14-4-3-9(7-14)6-13-2/h5,9,13H,3-4,6-7H2,1-2H3/t9-/m1/s1. The molecule has 18 heavy (non-hydrogen) atoms. The topological polar surface area (TPSA) is 49.4 Å². The highest BCUT2D eigenvalue weighted by Gasteiger charge is 2.33. The number of aryl methyl sites for hydroxylation is 1. The largest absolute Gasteiger partial charge is 0.319 e. The molecule has 0 radical (unpaired) electrons. The Hall–Kier alpha value is 0.0500. The first-order valence-electron chi connectivity index (χ1n) is 5.86. The molecule has 0 bridgehead atoms. The summed E-state index contributed by atoms with van der Waals surface area (Å²) in [6.07, 6.45) is 0.936. The molecule has 2 heterocycles. The van der Waals surface area contributed by atoms with Crippen LogP contribution >= 0.6 is 27.3 Å². The van der Waals surface area contributed by atoms with E-state index in [4.69, 9.17) is 0 Å². The van der Waals surface area contributed by atoms with Gasteiger partial charge >= 0.3 is 0 Å². The van der Waals surface area contributed by atoms with Gasteiger partial charge in [0.2, 0.25) is 0 Å². The summed E-state index contributed by atoms with van der Waals surface area (Å²) in [6, 6.07) is 1.75. The lowest BCUT2D eigenvalue weighted by Crippen LogP contribution is -2.30. The van der Waals surface area contributed by atoms with E-state index in [2.05, 4.69) is 21.2 Å². The third-order valence-corrected chi connectivity index (χ3v) is 7.62. The van der Waals surface area contributed by atoms with Crippen LogP contribution in [-0.4, -0.2) is 39.4 Å². The molecule has 0 saturated carbocycles. The molecule has 0 aromatic carbocycles. The Morgan fingerprint density at radius 3 is 2.89 bits per heavy atom. The van der Waals surface area contributed by atoms with E-state index >= 15 is 0 Å². The van der Waals surface area contributed by atoms with Crippen LogP contribution in [0.1, 0.15) is 12.0 Å². The van der Waals surface area contributed by atoms with Crippen molar-refractivity contribution in [2.45, 2.75) is 17.6 Å². The maximum atomic E-state index is 12.4. The van der Waals surface area contributed by atoms with Crippen molar-refractivity contribution < 1.29 is 8.42 Å². The predicted octanol–water partition coefficient (Wildman–Crippen LogP) is 2.05. The van der Waals surface area contributed by atoms with E-state index in [1.807, 2.05) is 14.0 Å². The first-order chi connectivity index (χ1) is 8.45. The first-order valence-corrected chi connectivity index (χ1v) is 8.90. The van der Waals surface area contributed by atoms with Crippen LogP contribution in [0.2, 0.25) is 0 Å². The quantitative estimate of drug-likeness (QED) is 0.901. The average Bonchev–Trinajstić information content (AvgIpc) is 2.88. The minimum absolute atomic E-state index is 0.425. The van der Waals surface area contributed by atoms with Crippen LogP contribution in [0.5, 0.6) is 0 Å². The highest BCUT2D eigenvalue weighted by Crippen LogP contribution is 2.33. The van der Waals surface area contributed by atoms with Crippen molar-refractivity contribution in [3.63, 3.8) is 0 Å². The van der Waals surface area contributed by atoms with Gasteiger partial charge in [-0.3, -0.25) is 0 Å². The second-order valence-corrected chi connectivity index (χ2v) is 9.13. The van der Waals surface area contributed by atoms with Gasteiger partial charge in [0, 0.05) is 13.1 Å². The molecular weight excluding hydrogens is 336 g/mol. The van der Waals surface area contributed by atoms with Crippen molar-refractivity contribution in [3.8, 4) is 0 Å². The fraction of sp³-hybridized carbons (Fsp3) is 0.636. The van der Waals surface area contributed by atoms with Crippen LogP contribution in [-0.2, 0) is 10.0 Å². The lowest BCUT2D eigenvalue weighted by molar-refractivity contribution is 0.452. The van der Waals surface area contributed by atoms with Crippen molar-refractivity contribution >= 4 is 37.3 Å². The van der Waals surface area contributed by atoms with Crippen LogP contribution in [0.15, 0.2) is 14.1 Å². The van der Waals surface area contributed by atoms with E-state index in [9.17, 15) is 8.42 Å². The Balaban J connectivity index is 2.17. The van der Waals surface area contributed by atoms with Crippen molar-refractivity contribution in [2.24, 2.45) is 5.92 Å². The molecule has 2 rings (SSSR count). The van der Waals surface area contributed by atoms with Gasteiger partial charge in [-0.05, 0) is 60.4 Å². The molecule has 1 aliphatic heterocycles. The minimum atomic E-state index is -3.30. The maximum Gasteiger partial charge on any atom is 0.252 e. The third kappa shape index (κ3) is 2.80. The molecule has 0 amide bonds.